The van der Waals surface area contributed by atoms with Crippen molar-refractivity contribution in [3.63, 3.8) is 0 Å². The van der Waals surface area contributed by atoms with E-state index in [-0.39, 0.29) is 55.4 Å². The van der Waals surface area contributed by atoms with Gasteiger partial charge in [0.2, 0.25) is 11.8 Å². The lowest BCUT2D eigenvalue weighted by Crippen LogP contribution is -2.43. The molecule has 0 saturated heterocycles. The van der Waals surface area contributed by atoms with Gasteiger partial charge in [-0.15, -0.1) is 0 Å². The van der Waals surface area contributed by atoms with Crippen molar-refractivity contribution in [2.45, 2.75) is 137 Å². The SMILES string of the molecule is CCc1c(C)c2cc3[nH]c(cc4nc(c(CC(=O)NCCNC(=O)C(N)CCCCNC(=O)OC(C)(C)C)c5nc(cc1[nH]2)C(C)=C5C(=O)O)C(CCC(=O)O)C4C)c(C)c3CC. The van der Waals surface area contributed by atoms with Gasteiger partial charge in [-0.25, -0.2) is 14.6 Å². The first-order valence-corrected chi connectivity index (χ1v) is 21.9. The third kappa shape index (κ3) is 11.5. The number of unbranched alkanes of at least 4 members (excludes halogenated alkanes) is 1. The van der Waals surface area contributed by atoms with Crippen LogP contribution in [0.2, 0.25) is 0 Å². The molecule has 2 aliphatic heterocycles. The Balaban J connectivity index is 1.51. The van der Waals surface area contributed by atoms with Gasteiger partial charge in [-0.3, -0.25) is 19.4 Å². The van der Waals surface area contributed by atoms with E-state index in [1.807, 2.05) is 19.1 Å². The van der Waals surface area contributed by atoms with Crippen molar-refractivity contribution in [1.29, 1.82) is 0 Å². The average Bonchev–Trinajstić information content (AvgIpc) is 3.89. The van der Waals surface area contributed by atoms with E-state index in [2.05, 4.69) is 59.7 Å². The zero-order valence-corrected chi connectivity index (χ0v) is 38.1. The Hall–Kier alpha value is -6.03. The molecule has 5 heterocycles. The molecule has 0 saturated carbocycles. The molecule has 3 aromatic rings. The molecule has 9 N–H and O–H groups in total. The van der Waals surface area contributed by atoms with Crippen molar-refractivity contribution in [1.82, 2.24) is 35.9 Å². The highest BCUT2D eigenvalue weighted by molar-refractivity contribution is 6.24. The van der Waals surface area contributed by atoms with Crippen LogP contribution in [0, 0.1) is 13.8 Å². The Bertz CT molecular complexity index is 2460. The van der Waals surface area contributed by atoms with E-state index in [1.54, 1.807) is 27.7 Å². The fourth-order valence-corrected chi connectivity index (χ4v) is 8.47. The predicted molar refractivity (Wildman–Crippen MR) is 243 cm³/mol. The number of H-pyrrole nitrogens is 2. The van der Waals surface area contributed by atoms with Gasteiger partial charge in [-0.2, -0.15) is 0 Å². The van der Waals surface area contributed by atoms with Crippen LogP contribution in [0.25, 0.3) is 33.2 Å². The number of nitrogens with two attached hydrogens (primary N) is 1. The minimum Gasteiger partial charge on any atom is -0.481 e. The molecule has 3 aromatic heterocycles. The molecule has 63 heavy (non-hydrogen) atoms. The first kappa shape index (κ1) is 48.0. The maximum absolute atomic E-state index is 13.9. The van der Waals surface area contributed by atoms with Crippen molar-refractivity contribution >= 4 is 63.1 Å². The molecule has 3 atom stereocenters. The van der Waals surface area contributed by atoms with Gasteiger partial charge >= 0.3 is 18.0 Å². The average molecular weight is 869 g/mol. The second-order valence-corrected chi connectivity index (χ2v) is 17.5. The van der Waals surface area contributed by atoms with Gasteiger partial charge in [0, 0.05) is 71.2 Å². The number of ether oxygens (including phenoxy) is 1. The van der Waals surface area contributed by atoms with E-state index in [0.29, 0.717) is 60.4 Å². The van der Waals surface area contributed by atoms with Crippen LogP contribution in [0.15, 0.2) is 18.2 Å². The molecule has 0 aromatic carbocycles. The summed E-state index contributed by atoms with van der Waals surface area (Å²) in [5.41, 5.74) is 15.6. The molecular formula is C47H64N8O8. The van der Waals surface area contributed by atoms with Crippen LogP contribution in [0.1, 0.15) is 143 Å². The number of carbonyl (C=O) groups excluding carboxylic acids is 3. The number of allylic oxidation sites excluding steroid dienone is 1. The van der Waals surface area contributed by atoms with Crippen molar-refractivity contribution in [3.8, 4) is 0 Å². The summed E-state index contributed by atoms with van der Waals surface area (Å²) >= 11 is 0. The zero-order valence-electron chi connectivity index (χ0n) is 38.1. The Morgan fingerprint density at radius 1 is 0.825 bits per heavy atom. The Morgan fingerprint density at radius 2 is 1.44 bits per heavy atom. The topological polar surface area (TPSA) is 255 Å². The number of hydrogen-bond donors (Lipinski definition) is 8. The van der Waals surface area contributed by atoms with Crippen LogP contribution in [-0.4, -0.2) is 91.3 Å². The van der Waals surface area contributed by atoms with Crippen LogP contribution in [0.4, 0.5) is 4.79 Å². The number of carboxylic acid groups (broad SMARTS) is 2. The minimum atomic E-state index is -1.22. The van der Waals surface area contributed by atoms with Gasteiger partial charge in [0.1, 0.15) is 5.60 Å². The molecule has 0 fully saturated rings. The number of alkyl carbamates (subject to hydrolysis) is 1. The van der Waals surface area contributed by atoms with E-state index in [0.717, 1.165) is 50.7 Å². The van der Waals surface area contributed by atoms with Crippen molar-refractivity contribution in [2.24, 2.45) is 5.73 Å². The van der Waals surface area contributed by atoms with E-state index >= 15 is 0 Å². The van der Waals surface area contributed by atoms with Crippen LogP contribution >= 0.6 is 0 Å². The van der Waals surface area contributed by atoms with Gasteiger partial charge in [0.05, 0.1) is 35.1 Å². The van der Waals surface area contributed by atoms with E-state index < -0.39 is 41.5 Å². The maximum atomic E-state index is 13.9. The second kappa shape index (κ2) is 20.4. The molecular weight excluding hydrogens is 805 g/mol. The zero-order chi connectivity index (χ0) is 46.3. The summed E-state index contributed by atoms with van der Waals surface area (Å²) in [6, 6.07) is 5.14. The van der Waals surface area contributed by atoms with Crippen LogP contribution in [0.3, 0.4) is 0 Å². The number of nitrogens with zero attached hydrogens (tertiary/aromatic N) is 2. The lowest BCUT2D eigenvalue weighted by atomic mass is 9.84. The number of amides is 3. The summed E-state index contributed by atoms with van der Waals surface area (Å²) in [4.78, 5) is 81.0. The number of hydrogen-bond acceptors (Lipinski definition) is 9. The molecule has 8 bridgehead atoms. The third-order valence-electron chi connectivity index (χ3n) is 11.9. The fourth-order valence-electron chi connectivity index (χ4n) is 8.47. The Labute approximate surface area is 368 Å². The first-order chi connectivity index (χ1) is 29.7. The molecule has 0 aliphatic carbocycles. The summed E-state index contributed by atoms with van der Waals surface area (Å²) in [7, 11) is 0. The van der Waals surface area contributed by atoms with Crippen LogP contribution in [-0.2, 0) is 43.2 Å². The second-order valence-electron chi connectivity index (χ2n) is 17.5. The quantitative estimate of drug-likeness (QED) is 0.0669. The highest BCUT2D eigenvalue weighted by atomic mass is 16.6. The van der Waals surface area contributed by atoms with Crippen molar-refractivity contribution in [3.05, 3.63) is 68.8 Å². The number of carbonyl (C=O) groups is 5. The summed E-state index contributed by atoms with van der Waals surface area (Å²) in [6.07, 6.45) is 2.27. The Morgan fingerprint density at radius 3 is 2.05 bits per heavy atom. The van der Waals surface area contributed by atoms with Gasteiger partial charge in [0.15, 0.2) is 0 Å². The van der Waals surface area contributed by atoms with Gasteiger partial charge < -0.3 is 46.6 Å². The van der Waals surface area contributed by atoms with Gasteiger partial charge in [-0.1, -0.05) is 20.8 Å². The number of fused-ring (bicyclic) bond motifs is 8. The van der Waals surface area contributed by atoms with Gasteiger partial charge in [0.25, 0.3) is 0 Å². The molecule has 3 amide bonds. The molecule has 16 nitrogen and oxygen atoms in total. The molecule has 5 rings (SSSR count). The highest BCUT2D eigenvalue weighted by Gasteiger charge is 2.35. The number of rotatable bonds is 17. The standard InChI is InChI=1S/C47H64N8O8/c1-10-28-24(3)33-21-35-26(5)30(15-16-40(57)58)42(54-35)31(20-39(56)49-18-19-50-44(59)32(48)14-12-13-17-51-46(62)63-47(7,8)9)43-41(45(60)61)27(6)36(55-43)23-38-29(11-2)25(4)34(53-38)22-37(28)52-33/h21-23,26,30,32,52-53H,10-20,48H2,1-9H3,(H,49,56)(H,50,59)(H,51,62)(H,57,58)(H,60,61). The van der Waals surface area contributed by atoms with Gasteiger partial charge in [-0.05, 0) is 126 Å². The molecule has 3 unspecified atom stereocenters. The molecule has 16 heteroatoms. The molecule has 340 valence electrons. The molecule has 0 spiro atoms. The number of aliphatic carboxylic acids is 2. The summed E-state index contributed by atoms with van der Waals surface area (Å²) in [5.74, 6) is -3.82. The minimum absolute atomic E-state index is 0.0542. The van der Waals surface area contributed by atoms with Crippen LogP contribution in [0.5, 0.6) is 0 Å². The number of aryl methyl sites for hydroxylation is 4. The molecule has 2 aliphatic rings. The number of carboxylic acids is 2. The van der Waals surface area contributed by atoms with Crippen molar-refractivity contribution in [2.75, 3.05) is 19.6 Å². The monoisotopic (exact) mass is 868 g/mol. The maximum Gasteiger partial charge on any atom is 0.407 e. The van der Waals surface area contributed by atoms with Crippen molar-refractivity contribution < 1.29 is 38.9 Å². The lowest BCUT2D eigenvalue weighted by molar-refractivity contribution is -0.137. The largest absolute Gasteiger partial charge is 0.481 e. The lowest BCUT2D eigenvalue weighted by Gasteiger charge is -2.19. The summed E-state index contributed by atoms with van der Waals surface area (Å²) in [6.45, 7) is 17.8. The van der Waals surface area contributed by atoms with E-state index in [1.165, 1.54) is 0 Å². The number of nitrogens with one attached hydrogen (secondary N) is 5. The predicted octanol–water partition coefficient (Wildman–Crippen LogP) is 6.62. The first-order valence-electron chi connectivity index (χ1n) is 21.9. The highest BCUT2D eigenvalue weighted by Crippen LogP contribution is 2.43. The number of aromatic nitrogens is 4. The fraction of sp³-hybridized carbons (Fsp3) is 0.511. The normalized spacial score (nSPS) is 15.5. The van der Waals surface area contributed by atoms with E-state index in [4.69, 9.17) is 20.4 Å². The molecule has 0 radical (unpaired) electrons. The Kier molecular flexibility index (Phi) is 15.6. The van der Waals surface area contributed by atoms with E-state index in [9.17, 15) is 34.2 Å². The van der Waals surface area contributed by atoms with Crippen LogP contribution < -0.4 is 21.7 Å². The number of aromatic amines is 2. The summed E-state index contributed by atoms with van der Waals surface area (Å²) < 4.78 is 5.23. The summed E-state index contributed by atoms with van der Waals surface area (Å²) in [5, 5.41) is 28.8. The smallest absolute Gasteiger partial charge is 0.407 e. The third-order valence-corrected chi connectivity index (χ3v) is 11.9.